The van der Waals surface area contributed by atoms with Crippen LogP contribution in [-0.4, -0.2) is 19.0 Å². The van der Waals surface area contributed by atoms with Crippen LogP contribution in [-0.2, 0) is 4.74 Å². The van der Waals surface area contributed by atoms with E-state index in [4.69, 9.17) is 15.9 Å². The van der Waals surface area contributed by atoms with Crippen LogP contribution in [0.2, 0.25) is 0 Å². The molecule has 0 unspecified atom stereocenters. The van der Waals surface area contributed by atoms with Gasteiger partial charge in [-0.1, -0.05) is 6.92 Å². The molecule has 3 nitrogen and oxygen atoms in total. The average molecular weight is 130 g/mol. The molecule has 0 aromatic heterocycles. The van der Waals surface area contributed by atoms with Gasteiger partial charge in [-0.25, -0.2) is 0 Å². The van der Waals surface area contributed by atoms with Crippen molar-refractivity contribution in [2.24, 2.45) is 5.73 Å². The second-order valence-electron chi connectivity index (χ2n) is 1.89. The number of nitrogens with two attached hydrogens (primary N) is 1. The molecule has 0 bridgehead atoms. The maximum Gasteiger partial charge on any atom is 0.0928 e. The maximum atomic E-state index is 6.83. The normalized spacial score (nSPS) is 9.44. The molecule has 0 aromatic carbocycles. The second kappa shape index (κ2) is 5.56. The topological polar surface area (TPSA) is 59.1 Å². The first-order valence-electron chi connectivity index (χ1n) is 3.18. The second-order valence-corrected chi connectivity index (χ2v) is 1.89. The van der Waals surface area contributed by atoms with Crippen molar-refractivity contribution in [3.05, 3.63) is 0 Å². The molecule has 0 amide bonds. The van der Waals surface area contributed by atoms with E-state index in [0.29, 0.717) is 13.0 Å². The van der Waals surface area contributed by atoms with E-state index >= 15 is 0 Å². The van der Waals surface area contributed by atoms with Gasteiger partial charge in [-0.3, -0.25) is 5.41 Å². The predicted molar refractivity (Wildman–Crippen MR) is 37.6 cm³/mol. The summed E-state index contributed by atoms with van der Waals surface area (Å²) < 4.78 is 5.07. The van der Waals surface area contributed by atoms with Gasteiger partial charge in [0, 0.05) is 13.0 Å². The molecule has 0 rings (SSSR count). The van der Waals surface area contributed by atoms with Crippen LogP contribution in [0.3, 0.4) is 0 Å². The van der Waals surface area contributed by atoms with Crippen LogP contribution in [0.5, 0.6) is 0 Å². The first-order chi connectivity index (χ1) is 4.27. The summed E-state index contributed by atoms with van der Waals surface area (Å²) in [5, 5.41) is 6.83. The quantitative estimate of drug-likeness (QED) is 0.327. The first-order valence-corrected chi connectivity index (χ1v) is 3.18. The van der Waals surface area contributed by atoms with Crippen LogP contribution in [0.15, 0.2) is 0 Å². The standard InChI is InChI=1S/C6H14N2O/c1-2-4-9-5-3-6(7)8/h2-5H2,1H3,(H3,7,8). The number of hydrogen-bond donors (Lipinski definition) is 2. The smallest absolute Gasteiger partial charge is 0.0928 e. The minimum Gasteiger partial charge on any atom is -0.388 e. The SMILES string of the molecule is CCCOCCC(=N)N. The molecule has 0 radical (unpaired) electrons. The highest BCUT2D eigenvalue weighted by atomic mass is 16.5. The molecular weight excluding hydrogens is 116 g/mol. The van der Waals surface area contributed by atoms with Crippen molar-refractivity contribution in [1.82, 2.24) is 0 Å². The summed E-state index contributed by atoms with van der Waals surface area (Å²) in [6.45, 7) is 3.41. The van der Waals surface area contributed by atoms with Crippen LogP contribution < -0.4 is 5.73 Å². The Labute approximate surface area is 55.7 Å². The minimum absolute atomic E-state index is 0.200. The van der Waals surface area contributed by atoms with E-state index in [1.807, 2.05) is 6.92 Å². The summed E-state index contributed by atoms with van der Waals surface area (Å²) in [6.07, 6.45) is 1.58. The third kappa shape index (κ3) is 7.43. The van der Waals surface area contributed by atoms with Gasteiger partial charge in [-0.15, -0.1) is 0 Å². The summed E-state index contributed by atoms with van der Waals surface area (Å²) in [6, 6.07) is 0. The van der Waals surface area contributed by atoms with Gasteiger partial charge in [0.25, 0.3) is 0 Å². The van der Waals surface area contributed by atoms with Crippen LogP contribution >= 0.6 is 0 Å². The van der Waals surface area contributed by atoms with Crippen molar-refractivity contribution in [1.29, 1.82) is 5.41 Å². The fraction of sp³-hybridized carbons (Fsp3) is 0.833. The molecule has 0 aromatic rings. The lowest BCUT2D eigenvalue weighted by Gasteiger charge is -1.98. The Bertz CT molecular complexity index is 83.1. The van der Waals surface area contributed by atoms with Gasteiger partial charge in [0.1, 0.15) is 0 Å². The Morgan fingerprint density at radius 3 is 2.67 bits per heavy atom. The highest BCUT2D eigenvalue weighted by Crippen LogP contribution is 1.83. The van der Waals surface area contributed by atoms with Crippen molar-refractivity contribution in [3.8, 4) is 0 Å². The number of rotatable bonds is 5. The zero-order valence-corrected chi connectivity index (χ0v) is 5.81. The largest absolute Gasteiger partial charge is 0.388 e. The van der Waals surface area contributed by atoms with E-state index in [-0.39, 0.29) is 5.84 Å². The zero-order chi connectivity index (χ0) is 7.11. The third-order valence-corrected chi connectivity index (χ3v) is 0.864. The lowest BCUT2D eigenvalue weighted by Crippen LogP contribution is -2.12. The van der Waals surface area contributed by atoms with Crippen molar-refractivity contribution < 1.29 is 4.74 Å². The van der Waals surface area contributed by atoms with Crippen LogP contribution in [0, 0.1) is 5.41 Å². The van der Waals surface area contributed by atoms with E-state index < -0.39 is 0 Å². The third-order valence-electron chi connectivity index (χ3n) is 0.864. The van der Waals surface area contributed by atoms with Crippen molar-refractivity contribution >= 4 is 5.84 Å². The highest BCUT2D eigenvalue weighted by molar-refractivity contribution is 5.76. The molecule has 0 atom stereocenters. The fourth-order valence-electron chi connectivity index (χ4n) is 0.429. The summed E-state index contributed by atoms with van der Waals surface area (Å²) in [5.41, 5.74) is 5.08. The molecule has 54 valence electrons. The molecule has 0 aliphatic carbocycles. The maximum absolute atomic E-state index is 6.83. The predicted octanol–water partition coefficient (Wildman–Crippen LogP) is 0.739. The van der Waals surface area contributed by atoms with Gasteiger partial charge in [-0.05, 0) is 6.42 Å². The molecule has 0 fully saturated rings. The average Bonchev–Trinajstić information content (AvgIpc) is 1.80. The summed E-state index contributed by atoms with van der Waals surface area (Å²) in [4.78, 5) is 0. The summed E-state index contributed by atoms with van der Waals surface area (Å²) in [7, 11) is 0. The molecular formula is C6H14N2O. The van der Waals surface area contributed by atoms with Crippen LogP contribution in [0.4, 0.5) is 0 Å². The minimum atomic E-state index is 0.200. The van der Waals surface area contributed by atoms with Gasteiger partial charge in [0.2, 0.25) is 0 Å². The number of ether oxygens (including phenoxy) is 1. The summed E-state index contributed by atoms with van der Waals surface area (Å²) >= 11 is 0. The molecule has 0 saturated carbocycles. The van der Waals surface area contributed by atoms with E-state index in [2.05, 4.69) is 0 Å². The molecule has 0 heterocycles. The Morgan fingerprint density at radius 2 is 2.22 bits per heavy atom. The van der Waals surface area contributed by atoms with E-state index in [1.165, 1.54) is 0 Å². The first kappa shape index (κ1) is 8.43. The Morgan fingerprint density at radius 1 is 1.56 bits per heavy atom. The molecule has 0 spiro atoms. The molecule has 0 saturated heterocycles. The van der Waals surface area contributed by atoms with Gasteiger partial charge in [0.05, 0.1) is 12.4 Å². The zero-order valence-electron chi connectivity index (χ0n) is 5.81. The monoisotopic (exact) mass is 130 g/mol. The van der Waals surface area contributed by atoms with E-state index in [9.17, 15) is 0 Å². The van der Waals surface area contributed by atoms with Crippen LogP contribution in [0.1, 0.15) is 19.8 Å². The molecule has 3 N–H and O–H groups in total. The molecule has 3 heteroatoms. The molecule has 9 heavy (non-hydrogen) atoms. The van der Waals surface area contributed by atoms with Gasteiger partial charge in [-0.2, -0.15) is 0 Å². The number of hydrogen-bond acceptors (Lipinski definition) is 2. The highest BCUT2D eigenvalue weighted by Gasteiger charge is 1.87. The number of nitrogens with one attached hydrogen (secondary N) is 1. The van der Waals surface area contributed by atoms with Gasteiger partial charge < -0.3 is 10.5 Å². The van der Waals surface area contributed by atoms with E-state index in [0.717, 1.165) is 13.0 Å². The van der Waals surface area contributed by atoms with Crippen molar-refractivity contribution in [3.63, 3.8) is 0 Å². The lowest BCUT2D eigenvalue weighted by molar-refractivity contribution is 0.141. The molecule has 0 aliphatic heterocycles. The lowest BCUT2D eigenvalue weighted by atomic mass is 10.4. The summed E-state index contributed by atoms with van der Waals surface area (Å²) in [5.74, 6) is 0.200. The van der Waals surface area contributed by atoms with Crippen molar-refractivity contribution in [2.75, 3.05) is 13.2 Å². The van der Waals surface area contributed by atoms with E-state index in [1.54, 1.807) is 0 Å². The van der Waals surface area contributed by atoms with Gasteiger partial charge >= 0.3 is 0 Å². The van der Waals surface area contributed by atoms with Gasteiger partial charge in [0.15, 0.2) is 0 Å². The Hall–Kier alpha value is -0.570. The van der Waals surface area contributed by atoms with Crippen molar-refractivity contribution in [2.45, 2.75) is 19.8 Å². The van der Waals surface area contributed by atoms with Crippen LogP contribution in [0.25, 0.3) is 0 Å². The number of amidine groups is 1. The Kier molecular flexibility index (Phi) is 5.21. The molecule has 0 aliphatic rings. The fourth-order valence-corrected chi connectivity index (χ4v) is 0.429. The Balaban J connectivity index is 2.83.